The first kappa shape index (κ1) is 20.9. The molecule has 6 nitrogen and oxygen atoms in total. The Hall–Kier alpha value is -2.93. The summed E-state index contributed by atoms with van der Waals surface area (Å²) in [6, 6.07) is 12.2. The average Bonchev–Trinajstić information content (AvgIpc) is 3.38. The van der Waals surface area contributed by atoms with Crippen molar-refractivity contribution in [3.63, 3.8) is 0 Å². The molecule has 0 amide bonds. The molecule has 4 aromatic rings. The van der Waals surface area contributed by atoms with Crippen LogP contribution in [0, 0.1) is 12.8 Å². The number of nitrogens with one attached hydrogen (secondary N) is 1. The normalized spacial score (nSPS) is 18.8. The van der Waals surface area contributed by atoms with Crippen molar-refractivity contribution < 1.29 is 4.79 Å². The highest BCUT2D eigenvalue weighted by Crippen LogP contribution is 2.39. The molecule has 1 aliphatic rings. The van der Waals surface area contributed by atoms with Crippen molar-refractivity contribution in [1.29, 1.82) is 0 Å². The fraction of sp³-hybridized carbons (Fsp3) is 0.360. The zero-order chi connectivity index (χ0) is 22.1. The molecule has 0 spiro atoms. The molecule has 0 saturated heterocycles. The van der Waals surface area contributed by atoms with Crippen molar-refractivity contribution in [2.45, 2.75) is 50.7 Å². The molecule has 164 valence electrons. The first-order valence-electron chi connectivity index (χ1n) is 11.2. The maximum Gasteiger partial charge on any atom is 0.192 e. The smallest absolute Gasteiger partial charge is 0.192 e. The minimum absolute atomic E-state index is 0.110. The Labute approximate surface area is 191 Å². The number of aromatic amines is 1. The SMILES string of the molecule is Cc1[nH]c2ccccc2c1C(=O)CSc1nnc(-c2cccnc2)n1[C@@H]1CCCC[C@@H]1C. The van der Waals surface area contributed by atoms with Gasteiger partial charge in [-0.2, -0.15) is 0 Å². The van der Waals surface area contributed by atoms with Gasteiger partial charge in [-0.25, -0.2) is 0 Å². The zero-order valence-corrected chi connectivity index (χ0v) is 19.2. The van der Waals surface area contributed by atoms with Gasteiger partial charge in [0.05, 0.1) is 5.75 Å². The van der Waals surface area contributed by atoms with Crippen LogP contribution in [0.5, 0.6) is 0 Å². The number of hydrogen-bond donors (Lipinski definition) is 1. The van der Waals surface area contributed by atoms with E-state index in [1.807, 2.05) is 49.5 Å². The van der Waals surface area contributed by atoms with Crippen LogP contribution in [0.4, 0.5) is 0 Å². The third-order valence-corrected chi connectivity index (χ3v) is 7.43. The lowest BCUT2D eigenvalue weighted by molar-refractivity contribution is 0.102. The Bertz CT molecular complexity index is 1250. The van der Waals surface area contributed by atoms with Crippen molar-refractivity contribution in [1.82, 2.24) is 24.7 Å². The van der Waals surface area contributed by atoms with Crippen LogP contribution in [0.15, 0.2) is 53.9 Å². The van der Waals surface area contributed by atoms with Crippen LogP contribution in [0.25, 0.3) is 22.3 Å². The third kappa shape index (κ3) is 3.86. The number of para-hydroxylation sites is 1. The summed E-state index contributed by atoms with van der Waals surface area (Å²) in [6.45, 7) is 4.27. The van der Waals surface area contributed by atoms with Crippen LogP contribution < -0.4 is 0 Å². The lowest BCUT2D eigenvalue weighted by Gasteiger charge is -2.31. The molecular weight excluding hydrogens is 418 g/mol. The van der Waals surface area contributed by atoms with Gasteiger partial charge >= 0.3 is 0 Å². The fourth-order valence-corrected chi connectivity index (χ4v) is 5.75. The van der Waals surface area contributed by atoms with E-state index in [1.54, 1.807) is 6.20 Å². The van der Waals surface area contributed by atoms with Crippen molar-refractivity contribution >= 4 is 28.4 Å². The zero-order valence-electron chi connectivity index (χ0n) is 18.4. The van der Waals surface area contributed by atoms with Gasteiger partial charge in [0.15, 0.2) is 16.8 Å². The summed E-state index contributed by atoms with van der Waals surface area (Å²) in [7, 11) is 0. The highest BCUT2D eigenvalue weighted by Gasteiger charge is 2.29. The first-order chi connectivity index (χ1) is 15.6. The lowest BCUT2D eigenvalue weighted by atomic mass is 9.85. The van der Waals surface area contributed by atoms with Crippen LogP contribution in [0.1, 0.15) is 54.7 Å². The standard InChI is InChI=1S/C25H27N5OS/c1-16-8-3-6-12-21(16)30-24(18-9-7-13-26-14-18)28-29-25(30)32-15-22(31)23-17(2)27-20-11-5-4-10-19(20)23/h4-5,7,9-11,13-14,16,21,27H,3,6,8,12,15H2,1-2H3/t16-,21+/m0/s1. The minimum atomic E-state index is 0.110. The molecule has 7 heteroatoms. The largest absolute Gasteiger partial charge is 0.358 e. The van der Waals surface area contributed by atoms with E-state index in [1.165, 1.54) is 31.0 Å². The monoisotopic (exact) mass is 445 g/mol. The number of H-pyrrole nitrogens is 1. The average molecular weight is 446 g/mol. The Morgan fingerprint density at radius 1 is 1.16 bits per heavy atom. The number of rotatable bonds is 6. The van der Waals surface area contributed by atoms with Gasteiger partial charge in [-0.3, -0.25) is 14.3 Å². The number of carbonyl (C=O) groups excluding carboxylic acids is 1. The van der Waals surface area contributed by atoms with Crippen LogP contribution in [-0.4, -0.2) is 36.3 Å². The van der Waals surface area contributed by atoms with Crippen LogP contribution in [-0.2, 0) is 0 Å². The number of hydrogen-bond acceptors (Lipinski definition) is 5. The predicted molar refractivity (Wildman–Crippen MR) is 128 cm³/mol. The van der Waals surface area contributed by atoms with E-state index >= 15 is 0 Å². The molecule has 0 bridgehead atoms. The summed E-state index contributed by atoms with van der Waals surface area (Å²) in [5.41, 5.74) is 3.65. The third-order valence-electron chi connectivity index (χ3n) is 6.49. The molecule has 1 aromatic carbocycles. The number of nitrogens with zero attached hydrogens (tertiary/aromatic N) is 4. The number of Topliss-reactive ketones (excluding diaryl/α,β-unsaturated/α-hetero) is 1. The van der Waals surface area contributed by atoms with Gasteiger partial charge < -0.3 is 4.98 Å². The first-order valence-corrected chi connectivity index (χ1v) is 12.2. The second-order valence-electron chi connectivity index (χ2n) is 8.63. The Balaban J connectivity index is 1.46. The van der Waals surface area contributed by atoms with Crippen molar-refractivity contribution in [3.05, 3.63) is 60.0 Å². The van der Waals surface area contributed by atoms with Crippen molar-refractivity contribution in [3.8, 4) is 11.4 Å². The highest BCUT2D eigenvalue weighted by atomic mass is 32.2. The second-order valence-corrected chi connectivity index (χ2v) is 9.57. The molecule has 0 aliphatic heterocycles. The van der Waals surface area contributed by atoms with E-state index in [2.05, 4.69) is 31.7 Å². The fourth-order valence-electron chi connectivity index (χ4n) is 4.88. The molecule has 2 atom stereocenters. The Morgan fingerprint density at radius 3 is 2.81 bits per heavy atom. The highest BCUT2D eigenvalue weighted by molar-refractivity contribution is 7.99. The van der Waals surface area contributed by atoms with Crippen molar-refractivity contribution in [2.75, 3.05) is 5.75 Å². The van der Waals surface area contributed by atoms with Crippen LogP contribution in [0.3, 0.4) is 0 Å². The van der Waals surface area contributed by atoms with Gasteiger partial charge in [-0.1, -0.05) is 49.7 Å². The lowest BCUT2D eigenvalue weighted by Crippen LogP contribution is -2.22. The Morgan fingerprint density at radius 2 is 2.00 bits per heavy atom. The van der Waals surface area contributed by atoms with Gasteiger partial charge in [0, 0.05) is 46.2 Å². The van der Waals surface area contributed by atoms with E-state index in [0.717, 1.165) is 45.1 Å². The molecule has 0 unspecified atom stereocenters. The maximum atomic E-state index is 13.2. The maximum absolute atomic E-state index is 13.2. The molecule has 3 aromatic heterocycles. The number of ketones is 1. The van der Waals surface area contributed by atoms with E-state index < -0.39 is 0 Å². The molecule has 0 radical (unpaired) electrons. The van der Waals surface area contributed by atoms with Crippen LogP contribution in [0.2, 0.25) is 0 Å². The predicted octanol–water partition coefficient (Wildman–Crippen LogP) is 5.86. The van der Waals surface area contributed by atoms with Gasteiger partial charge in [-0.15, -0.1) is 10.2 Å². The van der Waals surface area contributed by atoms with E-state index in [-0.39, 0.29) is 5.78 Å². The molecule has 1 saturated carbocycles. The summed E-state index contributed by atoms with van der Waals surface area (Å²) in [4.78, 5) is 20.8. The summed E-state index contributed by atoms with van der Waals surface area (Å²) < 4.78 is 2.26. The van der Waals surface area contributed by atoms with Gasteiger partial charge in [0.25, 0.3) is 0 Å². The molecular formula is C25H27N5OS. The van der Waals surface area contributed by atoms with E-state index in [0.29, 0.717) is 17.7 Å². The number of aryl methyl sites for hydroxylation is 1. The molecule has 32 heavy (non-hydrogen) atoms. The molecule has 1 N–H and O–H groups in total. The number of fused-ring (bicyclic) bond motifs is 1. The van der Waals surface area contributed by atoms with E-state index in [9.17, 15) is 4.79 Å². The minimum Gasteiger partial charge on any atom is -0.358 e. The number of pyridine rings is 1. The Kier molecular flexibility index (Phi) is 5.83. The van der Waals surface area contributed by atoms with Gasteiger partial charge in [0.2, 0.25) is 0 Å². The number of aromatic nitrogens is 5. The molecule has 1 fully saturated rings. The van der Waals surface area contributed by atoms with Gasteiger partial charge in [-0.05, 0) is 43.9 Å². The second kappa shape index (κ2) is 8.90. The van der Waals surface area contributed by atoms with E-state index in [4.69, 9.17) is 0 Å². The summed E-state index contributed by atoms with van der Waals surface area (Å²) in [6.07, 6.45) is 8.39. The van der Waals surface area contributed by atoms with Crippen LogP contribution >= 0.6 is 11.8 Å². The van der Waals surface area contributed by atoms with Crippen molar-refractivity contribution in [2.24, 2.45) is 5.92 Å². The summed E-state index contributed by atoms with van der Waals surface area (Å²) >= 11 is 1.49. The molecule has 1 aliphatic carbocycles. The molecule has 5 rings (SSSR count). The number of carbonyl (C=O) groups is 1. The number of thioether (sulfide) groups is 1. The number of benzene rings is 1. The summed E-state index contributed by atoms with van der Waals surface area (Å²) in [5, 5.41) is 10.9. The quantitative estimate of drug-likeness (QED) is 0.297. The van der Waals surface area contributed by atoms with Gasteiger partial charge in [0.1, 0.15) is 0 Å². The topological polar surface area (TPSA) is 76.5 Å². The summed E-state index contributed by atoms with van der Waals surface area (Å²) in [5.74, 6) is 1.82. The molecule has 3 heterocycles.